The highest BCUT2D eigenvalue weighted by molar-refractivity contribution is 5.87. The molecule has 10 nitrogen and oxygen atoms in total. The summed E-state index contributed by atoms with van der Waals surface area (Å²) < 4.78 is 12.5. The maximum Gasteiger partial charge on any atom is 0.420 e. The molecule has 2 heterocycles. The predicted octanol–water partition coefficient (Wildman–Crippen LogP) is 5.37. The number of aliphatic hydroxyl groups is 1. The van der Waals surface area contributed by atoms with Gasteiger partial charge in [-0.3, -0.25) is 4.98 Å². The molecule has 0 aliphatic heterocycles. The number of hydrogen-bond donors (Lipinski definition) is 3. The molecule has 42 heavy (non-hydrogen) atoms. The van der Waals surface area contributed by atoms with Gasteiger partial charge in [0.1, 0.15) is 17.0 Å². The molecule has 1 amide bonds. The normalized spacial score (nSPS) is 15.8. The van der Waals surface area contributed by atoms with Gasteiger partial charge in [-0.05, 0) is 90.1 Å². The molecule has 0 saturated carbocycles. The van der Waals surface area contributed by atoms with Gasteiger partial charge in [0.05, 0.1) is 35.9 Å². The van der Waals surface area contributed by atoms with Crippen molar-refractivity contribution < 1.29 is 24.2 Å². The van der Waals surface area contributed by atoms with E-state index in [1.807, 2.05) is 57.2 Å². The van der Waals surface area contributed by atoms with Crippen LogP contribution in [0.2, 0.25) is 0 Å². The number of nitrogens with one attached hydrogen (secondary N) is 2. The van der Waals surface area contributed by atoms with E-state index < -0.39 is 23.4 Å². The van der Waals surface area contributed by atoms with E-state index in [2.05, 4.69) is 16.7 Å². The van der Waals surface area contributed by atoms with Crippen LogP contribution in [0.3, 0.4) is 0 Å². The van der Waals surface area contributed by atoms with Gasteiger partial charge in [-0.1, -0.05) is 24.3 Å². The van der Waals surface area contributed by atoms with E-state index in [0.29, 0.717) is 29.9 Å². The Morgan fingerprint density at radius 2 is 1.79 bits per heavy atom. The molecule has 0 spiro atoms. The average Bonchev–Trinajstić information content (AvgIpc) is 3.28. The Morgan fingerprint density at radius 1 is 1.05 bits per heavy atom. The van der Waals surface area contributed by atoms with Crippen molar-refractivity contribution in [2.24, 2.45) is 0 Å². The number of nitrogens with zero attached hydrogens (tertiary/aromatic N) is 3. The fraction of sp³-hybridized carbons (Fsp3) is 0.500. The third-order valence-electron chi connectivity index (χ3n) is 6.71. The first-order chi connectivity index (χ1) is 19.8. The van der Waals surface area contributed by atoms with Gasteiger partial charge in [0.25, 0.3) is 0 Å². The van der Waals surface area contributed by atoms with E-state index in [1.54, 1.807) is 25.3 Å². The smallest absolute Gasteiger partial charge is 0.420 e. The minimum Gasteiger partial charge on any atom is -0.444 e. The second-order valence-electron chi connectivity index (χ2n) is 12.6. The number of imidazole rings is 1. The predicted molar refractivity (Wildman–Crippen MR) is 161 cm³/mol. The number of alkyl carbamates (subject to hydrolysis) is 1. The minimum atomic E-state index is -0.633. The second kappa shape index (κ2) is 13.0. The van der Waals surface area contributed by atoms with Crippen LogP contribution in [0.25, 0.3) is 11.0 Å². The van der Waals surface area contributed by atoms with Gasteiger partial charge in [-0.25, -0.2) is 19.1 Å². The Balaban J connectivity index is 1.48. The number of rotatable bonds is 8. The van der Waals surface area contributed by atoms with E-state index in [0.717, 1.165) is 36.2 Å². The van der Waals surface area contributed by atoms with Gasteiger partial charge in [0.15, 0.2) is 0 Å². The molecule has 10 heteroatoms. The fourth-order valence-corrected chi connectivity index (χ4v) is 4.87. The number of fused-ring (bicyclic) bond motifs is 2. The van der Waals surface area contributed by atoms with Crippen LogP contribution in [0.15, 0.2) is 48.0 Å². The van der Waals surface area contributed by atoms with Crippen LogP contribution in [0.5, 0.6) is 0 Å². The van der Waals surface area contributed by atoms with Crippen LogP contribution < -0.4 is 10.6 Å². The van der Waals surface area contributed by atoms with Gasteiger partial charge in [-0.2, -0.15) is 0 Å². The molecular formula is C32H43N5O5. The quantitative estimate of drug-likeness (QED) is 0.305. The lowest BCUT2D eigenvalue weighted by molar-refractivity contribution is 0.0522. The number of aromatic nitrogens is 3. The number of benzene rings is 1. The summed E-state index contributed by atoms with van der Waals surface area (Å²) in [6, 6.07) is 11.7. The molecule has 1 unspecified atom stereocenters. The molecule has 3 N–H and O–H groups in total. The van der Waals surface area contributed by atoms with Crippen molar-refractivity contribution >= 4 is 23.2 Å². The highest BCUT2D eigenvalue weighted by Gasteiger charge is 2.26. The van der Waals surface area contributed by atoms with Crippen LogP contribution >= 0.6 is 0 Å². The zero-order valence-corrected chi connectivity index (χ0v) is 25.5. The minimum absolute atomic E-state index is 0.00396. The number of aliphatic hydroxyl groups excluding tert-OH is 1. The maximum absolute atomic E-state index is 13.2. The fourth-order valence-electron chi connectivity index (χ4n) is 4.87. The lowest BCUT2D eigenvalue weighted by Gasteiger charge is -2.26. The van der Waals surface area contributed by atoms with E-state index in [4.69, 9.17) is 19.4 Å². The maximum atomic E-state index is 13.2. The number of ether oxygens (including phenoxy) is 2. The molecule has 2 aromatic heterocycles. The number of carbonyl (C=O) groups is 2. The van der Waals surface area contributed by atoms with Gasteiger partial charge < -0.3 is 25.2 Å². The molecule has 1 atom stereocenters. The number of carbonyl (C=O) groups excluding carboxylic acids is 2. The molecule has 0 fully saturated rings. The third-order valence-corrected chi connectivity index (χ3v) is 6.71. The molecule has 4 rings (SSSR count). The SMILES string of the molecule is CC(C)(C)OC(=O)NC/C(=C\Cc1ccc2c(n1)C(NCc1nc3ccccc3n1C(=O)OC(C)(C)C)CCC2)CO. The third kappa shape index (κ3) is 8.39. The number of aryl methyl sites for hydroxylation is 1. The zero-order chi connectivity index (χ0) is 30.5. The standard InChI is InChI=1S/C32H43N5O5/c1-31(2,3)41-29(39)34-18-21(20-38)14-16-23-17-15-22-10-9-12-25(28(22)35-23)33-19-27-36-24-11-7-8-13-26(24)37(27)30(40)42-32(4,5)6/h7-8,11,13-15,17,25,33,38H,9-10,12,16,18-20H2,1-6H3,(H,34,39)/b21-14+. The molecule has 0 saturated heterocycles. The average molecular weight is 578 g/mol. The van der Waals surface area contributed by atoms with Crippen LogP contribution in [0.1, 0.15) is 83.2 Å². The van der Waals surface area contributed by atoms with Crippen molar-refractivity contribution in [3.05, 3.63) is 70.8 Å². The monoisotopic (exact) mass is 577 g/mol. The largest absolute Gasteiger partial charge is 0.444 e. The molecule has 0 bridgehead atoms. The molecular weight excluding hydrogens is 534 g/mol. The molecule has 1 aliphatic carbocycles. The summed E-state index contributed by atoms with van der Waals surface area (Å²) in [5.41, 5.74) is 3.95. The van der Waals surface area contributed by atoms with Crippen molar-refractivity contribution in [2.45, 2.75) is 91.0 Å². The number of hydrogen-bond acceptors (Lipinski definition) is 8. The van der Waals surface area contributed by atoms with Crippen molar-refractivity contribution in [3.8, 4) is 0 Å². The van der Waals surface area contributed by atoms with Gasteiger partial charge in [0.2, 0.25) is 0 Å². The number of para-hydroxylation sites is 2. The van der Waals surface area contributed by atoms with Gasteiger partial charge >= 0.3 is 12.2 Å². The van der Waals surface area contributed by atoms with E-state index >= 15 is 0 Å². The van der Waals surface area contributed by atoms with E-state index in [-0.39, 0.29) is 19.2 Å². The Morgan fingerprint density at radius 3 is 2.50 bits per heavy atom. The number of allylic oxidation sites excluding steroid dienone is 1. The first-order valence-corrected chi connectivity index (χ1v) is 14.5. The van der Waals surface area contributed by atoms with Crippen molar-refractivity contribution in [3.63, 3.8) is 0 Å². The summed E-state index contributed by atoms with van der Waals surface area (Å²) in [6.45, 7) is 11.3. The molecule has 226 valence electrons. The Kier molecular flexibility index (Phi) is 9.68. The topological polar surface area (TPSA) is 128 Å². The summed E-state index contributed by atoms with van der Waals surface area (Å²) in [6.07, 6.45) is 4.32. The second-order valence-corrected chi connectivity index (χ2v) is 12.6. The highest BCUT2D eigenvalue weighted by atomic mass is 16.6. The summed E-state index contributed by atoms with van der Waals surface area (Å²) in [5.74, 6) is 0.585. The van der Waals surface area contributed by atoms with E-state index in [9.17, 15) is 14.7 Å². The summed E-state index contributed by atoms with van der Waals surface area (Å²) in [5, 5.41) is 16.1. The first-order valence-electron chi connectivity index (χ1n) is 14.5. The van der Waals surface area contributed by atoms with Gasteiger partial charge in [-0.15, -0.1) is 0 Å². The number of amides is 1. The lowest BCUT2D eigenvalue weighted by atomic mass is 9.91. The van der Waals surface area contributed by atoms with Crippen LogP contribution in [0, 0.1) is 0 Å². The van der Waals surface area contributed by atoms with Crippen LogP contribution in [-0.2, 0) is 28.9 Å². The number of pyridine rings is 1. The highest BCUT2D eigenvalue weighted by Crippen LogP contribution is 2.29. The summed E-state index contributed by atoms with van der Waals surface area (Å²) in [7, 11) is 0. The van der Waals surface area contributed by atoms with Gasteiger partial charge in [0, 0.05) is 18.7 Å². The molecule has 0 radical (unpaired) electrons. The Bertz CT molecular complexity index is 1450. The van der Waals surface area contributed by atoms with Crippen LogP contribution in [0.4, 0.5) is 9.59 Å². The Labute approximate surface area is 247 Å². The zero-order valence-electron chi connectivity index (χ0n) is 25.5. The van der Waals surface area contributed by atoms with Crippen molar-refractivity contribution in [1.82, 2.24) is 25.2 Å². The van der Waals surface area contributed by atoms with Crippen molar-refractivity contribution in [1.29, 1.82) is 0 Å². The molecule has 3 aromatic rings. The van der Waals surface area contributed by atoms with Crippen molar-refractivity contribution in [2.75, 3.05) is 13.2 Å². The first kappa shape index (κ1) is 31.2. The Hall–Kier alpha value is -3.76. The van der Waals surface area contributed by atoms with E-state index in [1.165, 1.54) is 5.56 Å². The summed E-state index contributed by atoms with van der Waals surface area (Å²) in [4.78, 5) is 34.9. The van der Waals surface area contributed by atoms with Crippen LogP contribution in [-0.4, -0.2) is 56.2 Å². The summed E-state index contributed by atoms with van der Waals surface area (Å²) >= 11 is 0. The molecule has 1 aromatic carbocycles. The lowest BCUT2D eigenvalue weighted by Crippen LogP contribution is -2.33. The molecule has 1 aliphatic rings.